The molecule has 1 heterocycles. The molecule has 6 N–H and O–H groups in total. The van der Waals surface area contributed by atoms with Crippen molar-refractivity contribution < 1.29 is 9.59 Å². The molecule has 2 amide bonds. The standard InChI is InChI=1S/C21H29N7O2/c1-12-5-4-6-14(9-12)25-19-15(18(23)29)11-24-21(27-19)26-17-8-7-13(10-16(17)22)20(30)28(2)3/h4-6,9,11,13,16-17H,7-8,10,22H2,1-3H3,(H2,23,29)(H2,24,25,26,27)/t13-,16-,17-/m1/s1. The number of carbonyl (C=O) groups excluding carboxylic acids is 2. The van der Waals surface area contributed by atoms with Gasteiger partial charge >= 0.3 is 0 Å². The van der Waals surface area contributed by atoms with Crippen molar-refractivity contribution in [2.75, 3.05) is 24.7 Å². The Morgan fingerprint density at radius 3 is 2.63 bits per heavy atom. The molecule has 0 unspecified atom stereocenters. The van der Waals surface area contributed by atoms with Gasteiger partial charge in [0.25, 0.3) is 5.91 Å². The molecule has 0 aliphatic heterocycles. The quantitative estimate of drug-likeness (QED) is 0.566. The highest BCUT2D eigenvalue weighted by Gasteiger charge is 2.33. The van der Waals surface area contributed by atoms with Gasteiger partial charge < -0.3 is 27.0 Å². The average Bonchev–Trinajstić information content (AvgIpc) is 2.69. The average molecular weight is 412 g/mol. The van der Waals surface area contributed by atoms with Crippen molar-refractivity contribution >= 4 is 29.3 Å². The lowest BCUT2D eigenvalue weighted by Crippen LogP contribution is -2.48. The van der Waals surface area contributed by atoms with Crippen LogP contribution >= 0.6 is 0 Å². The van der Waals surface area contributed by atoms with E-state index in [-0.39, 0.29) is 29.5 Å². The summed E-state index contributed by atoms with van der Waals surface area (Å²) in [5.74, 6) is 0.111. The maximum absolute atomic E-state index is 12.2. The Labute approximate surface area is 176 Å². The summed E-state index contributed by atoms with van der Waals surface area (Å²) in [6.07, 6.45) is 3.48. The van der Waals surface area contributed by atoms with Crippen LogP contribution in [0.15, 0.2) is 30.5 Å². The van der Waals surface area contributed by atoms with E-state index in [1.54, 1.807) is 19.0 Å². The SMILES string of the molecule is Cc1cccc(Nc2nc(N[C@@H]3CC[C@@H](C(=O)N(C)C)C[C@H]3N)ncc2C(N)=O)c1. The highest BCUT2D eigenvalue weighted by Crippen LogP contribution is 2.27. The number of hydrogen-bond donors (Lipinski definition) is 4. The predicted molar refractivity (Wildman–Crippen MR) is 116 cm³/mol. The number of nitrogens with one attached hydrogen (secondary N) is 2. The second kappa shape index (κ2) is 9.08. The summed E-state index contributed by atoms with van der Waals surface area (Å²) in [6, 6.07) is 7.44. The summed E-state index contributed by atoms with van der Waals surface area (Å²) in [7, 11) is 3.52. The number of aryl methyl sites for hydroxylation is 1. The fourth-order valence-corrected chi connectivity index (χ4v) is 3.73. The van der Waals surface area contributed by atoms with E-state index in [1.807, 2.05) is 31.2 Å². The second-order valence-corrected chi connectivity index (χ2v) is 7.97. The maximum Gasteiger partial charge on any atom is 0.254 e. The molecule has 1 saturated carbocycles. The first-order chi connectivity index (χ1) is 14.2. The highest BCUT2D eigenvalue weighted by atomic mass is 16.2. The third-order valence-corrected chi connectivity index (χ3v) is 5.34. The van der Waals surface area contributed by atoms with E-state index >= 15 is 0 Å². The van der Waals surface area contributed by atoms with Crippen LogP contribution in [0.2, 0.25) is 0 Å². The lowest BCUT2D eigenvalue weighted by Gasteiger charge is -2.34. The van der Waals surface area contributed by atoms with Crippen LogP contribution in [0.4, 0.5) is 17.5 Å². The van der Waals surface area contributed by atoms with Gasteiger partial charge in [0.1, 0.15) is 11.4 Å². The van der Waals surface area contributed by atoms with Crippen LogP contribution < -0.4 is 22.1 Å². The number of anilines is 3. The van der Waals surface area contributed by atoms with Gasteiger partial charge in [-0.2, -0.15) is 4.98 Å². The molecule has 1 aliphatic carbocycles. The Morgan fingerprint density at radius 1 is 1.23 bits per heavy atom. The van der Waals surface area contributed by atoms with Crippen LogP contribution in [0.25, 0.3) is 0 Å². The second-order valence-electron chi connectivity index (χ2n) is 7.97. The van der Waals surface area contributed by atoms with E-state index in [1.165, 1.54) is 6.20 Å². The molecule has 1 aliphatic rings. The summed E-state index contributed by atoms with van der Waals surface area (Å²) in [5.41, 5.74) is 13.9. The van der Waals surface area contributed by atoms with Gasteiger partial charge in [-0.3, -0.25) is 9.59 Å². The molecule has 1 aromatic heterocycles. The van der Waals surface area contributed by atoms with E-state index in [0.29, 0.717) is 18.2 Å². The molecular weight excluding hydrogens is 382 g/mol. The Hall–Kier alpha value is -3.20. The van der Waals surface area contributed by atoms with Crippen LogP contribution in [0.1, 0.15) is 35.2 Å². The van der Waals surface area contributed by atoms with Crippen molar-refractivity contribution in [3.63, 3.8) is 0 Å². The Balaban J connectivity index is 1.75. The highest BCUT2D eigenvalue weighted by molar-refractivity contribution is 5.98. The molecule has 160 valence electrons. The number of benzene rings is 1. The number of amides is 2. The number of rotatable bonds is 6. The molecule has 1 fully saturated rings. The maximum atomic E-state index is 12.2. The number of carbonyl (C=O) groups is 2. The molecule has 30 heavy (non-hydrogen) atoms. The molecule has 0 saturated heterocycles. The molecule has 0 spiro atoms. The first-order valence-corrected chi connectivity index (χ1v) is 9.98. The first-order valence-electron chi connectivity index (χ1n) is 9.98. The molecule has 0 radical (unpaired) electrons. The minimum atomic E-state index is -0.615. The smallest absolute Gasteiger partial charge is 0.254 e. The molecule has 3 rings (SSSR count). The van der Waals surface area contributed by atoms with Gasteiger partial charge in [-0.15, -0.1) is 0 Å². The normalized spacial score (nSPS) is 21.0. The molecule has 0 bridgehead atoms. The van der Waals surface area contributed by atoms with Crippen molar-refractivity contribution in [2.45, 2.75) is 38.3 Å². The summed E-state index contributed by atoms with van der Waals surface area (Å²) in [4.78, 5) is 34.4. The lowest BCUT2D eigenvalue weighted by atomic mass is 9.82. The van der Waals surface area contributed by atoms with Crippen molar-refractivity contribution in [2.24, 2.45) is 17.4 Å². The number of nitrogens with zero attached hydrogens (tertiary/aromatic N) is 3. The third kappa shape index (κ3) is 5.04. The van der Waals surface area contributed by atoms with Crippen LogP contribution in [-0.2, 0) is 4.79 Å². The molecule has 3 atom stereocenters. The Morgan fingerprint density at radius 2 is 2.00 bits per heavy atom. The van der Waals surface area contributed by atoms with E-state index in [9.17, 15) is 9.59 Å². The minimum absolute atomic E-state index is 0.0650. The fraction of sp³-hybridized carbons (Fsp3) is 0.429. The van der Waals surface area contributed by atoms with Gasteiger partial charge in [-0.05, 0) is 43.9 Å². The van der Waals surface area contributed by atoms with Crippen molar-refractivity contribution in [3.05, 3.63) is 41.6 Å². The van der Waals surface area contributed by atoms with Crippen molar-refractivity contribution in [3.8, 4) is 0 Å². The van der Waals surface area contributed by atoms with Crippen LogP contribution in [0.5, 0.6) is 0 Å². The fourth-order valence-electron chi connectivity index (χ4n) is 3.73. The Bertz CT molecular complexity index is 931. The molecule has 9 heteroatoms. The third-order valence-electron chi connectivity index (χ3n) is 5.34. The van der Waals surface area contributed by atoms with Gasteiger partial charge in [-0.1, -0.05) is 12.1 Å². The van der Waals surface area contributed by atoms with E-state index < -0.39 is 5.91 Å². The largest absolute Gasteiger partial charge is 0.365 e. The van der Waals surface area contributed by atoms with E-state index in [0.717, 1.165) is 24.1 Å². The number of nitrogens with two attached hydrogens (primary N) is 2. The van der Waals surface area contributed by atoms with Gasteiger partial charge in [-0.25, -0.2) is 4.98 Å². The van der Waals surface area contributed by atoms with Crippen LogP contribution in [0, 0.1) is 12.8 Å². The number of primary amides is 1. The zero-order valence-electron chi connectivity index (χ0n) is 17.6. The molecule has 1 aromatic carbocycles. The van der Waals surface area contributed by atoms with Gasteiger partial charge in [0, 0.05) is 44.0 Å². The van der Waals surface area contributed by atoms with Crippen LogP contribution in [-0.4, -0.2) is 52.9 Å². The van der Waals surface area contributed by atoms with E-state index in [2.05, 4.69) is 20.6 Å². The topological polar surface area (TPSA) is 139 Å². The molecule has 2 aromatic rings. The lowest BCUT2D eigenvalue weighted by molar-refractivity contribution is -0.134. The molecule has 9 nitrogen and oxygen atoms in total. The summed E-state index contributed by atoms with van der Waals surface area (Å²) >= 11 is 0. The summed E-state index contributed by atoms with van der Waals surface area (Å²) in [5, 5.41) is 6.40. The van der Waals surface area contributed by atoms with Crippen molar-refractivity contribution in [1.82, 2.24) is 14.9 Å². The van der Waals surface area contributed by atoms with Gasteiger partial charge in [0.15, 0.2) is 0 Å². The minimum Gasteiger partial charge on any atom is -0.365 e. The Kier molecular flexibility index (Phi) is 6.51. The monoisotopic (exact) mass is 411 g/mol. The van der Waals surface area contributed by atoms with Gasteiger partial charge in [0.2, 0.25) is 11.9 Å². The molecular formula is C21H29N7O2. The summed E-state index contributed by atoms with van der Waals surface area (Å²) < 4.78 is 0. The first kappa shape index (κ1) is 21.5. The van der Waals surface area contributed by atoms with E-state index in [4.69, 9.17) is 11.5 Å². The predicted octanol–water partition coefficient (Wildman–Crippen LogP) is 1.62. The number of hydrogen-bond acceptors (Lipinski definition) is 7. The van der Waals surface area contributed by atoms with Crippen LogP contribution in [0.3, 0.4) is 0 Å². The van der Waals surface area contributed by atoms with Crippen molar-refractivity contribution in [1.29, 1.82) is 0 Å². The zero-order valence-corrected chi connectivity index (χ0v) is 17.6. The van der Waals surface area contributed by atoms with Gasteiger partial charge in [0.05, 0.1) is 0 Å². The summed E-state index contributed by atoms with van der Waals surface area (Å²) in [6.45, 7) is 1.98. The zero-order chi connectivity index (χ0) is 21.8. The number of aromatic nitrogens is 2.